The summed E-state index contributed by atoms with van der Waals surface area (Å²) in [4.78, 5) is 16.4. The molecule has 2 N–H and O–H groups in total. The molecule has 0 radical (unpaired) electrons. The summed E-state index contributed by atoms with van der Waals surface area (Å²) in [5.74, 6) is 1.31. The Bertz CT molecular complexity index is 680. The third kappa shape index (κ3) is 7.75. The van der Waals surface area contributed by atoms with E-state index in [1.807, 2.05) is 30.3 Å². The van der Waals surface area contributed by atoms with Gasteiger partial charge < -0.3 is 15.4 Å². The molecule has 5 nitrogen and oxygen atoms in total. The second kappa shape index (κ2) is 12.5. The highest BCUT2D eigenvalue weighted by Crippen LogP contribution is 2.16. The topological polar surface area (TPSA) is 63.2 Å². The number of carbonyl (C=O) groups excluding carboxylic acids is 1. The summed E-state index contributed by atoms with van der Waals surface area (Å²) in [6.07, 6.45) is 7.01. The number of rotatable bonds is 7. The zero-order valence-corrected chi connectivity index (χ0v) is 16.9. The molecule has 2 heterocycles. The van der Waals surface area contributed by atoms with Gasteiger partial charge in [0.15, 0.2) is 0 Å². The van der Waals surface area contributed by atoms with Gasteiger partial charge in [0.1, 0.15) is 12.4 Å². The lowest BCUT2D eigenvalue weighted by atomic mass is 9.96. The van der Waals surface area contributed by atoms with Crippen molar-refractivity contribution in [2.75, 3.05) is 19.6 Å². The summed E-state index contributed by atoms with van der Waals surface area (Å²) >= 11 is 0. The van der Waals surface area contributed by atoms with Gasteiger partial charge in [-0.25, -0.2) is 0 Å². The molecule has 1 saturated heterocycles. The minimum atomic E-state index is -0.0457. The van der Waals surface area contributed by atoms with Crippen LogP contribution in [0.2, 0.25) is 0 Å². The van der Waals surface area contributed by atoms with Crippen molar-refractivity contribution in [2.45, 2.75) is 25.9 Å². The summed E-state index contributed by atoms with van der Waals surface area (Å²) in [7, 11) is 0. The highest BCUT2D eigenvalue weighted by Gasteiger charge is 2.13. The zero-order valence-electron chi connectivity index (χ0n) is 15.2. The number of ether oxygens (including phenoxy) is 1. The summed E-state index contributed by atoms with van der Waals surface area (Å²) in [6.45, 7) is 3.34. The van der Waals surface area contributed by atoms with Crippen molar-refractivity contribution in [3.05, 3.63) is 59.9 Å². The summed E-state index contributed by atoms with van der Waals surface area (Å²) in [5, 5.41) is 6.42. The van der Waals surface area contributed by atoms with E-state index < -0.39 is 0 Å². The maximum Gasteiger partial charge on any atom is 0.251 e. The molecule has 0 aliphatic carbocycles. The minimum Gasteiger partial charge on any atom is -0.489 e. The molecular formula is C20H27Cl2N3O2. The van der Waals surface area contributed by atoms with E-state index in [1.165, 1.54) is 12.8 Å². The summed E-state index contributed by atoms with van der Waals surface area (Å²) in [5.41, 5.74) is 1.63. The molecule has 1 aliphatic heterocycles. The Balaban J connectivity index is 0.00000182. The van der Waals surface area contributed by atoms with E-state index in [0.717, 1.165) is 25.1 Å². The van der Waals surface area contributed by atoms with E-state index >= 15 is 0 Å². The highest BCUT2D eigenvalue weighted by atomic mass is 35.5. The number of hydrogen-bond acceptors (Lipinski definition) is 4. The molecule has 1 aromatic heterocycles. The summed E-state index contributed by atoms with van der Waals surface area (Å²) < 4.78 is 5.75. The van der Waals surface area contributed by atoms with Gasteiger partial charge in [0.05, 0.1) is 0 Å². The standard InChI is InChI=1S/C20H25N3O2.2ClH/c24-20(23-11-8-16-4-2-9-21-13-16)18-6-1-7-19(12-18)25-15-17-5-3-10-22-14-17;;/h1,3,5-7,10,12,14,16,21H,2,4,8-9,11,13,15H2,(H,23,24);2*1H. The molecule has 0 spiro atoms. The van der Waals surface area contributed by atoms with Crippen molar-refractivity contribution >= 4 is 30.7 Å². The fourth-order valence-corrected chi connectivity index (χ4v) is 3.04. The lowest BCUT2D eigenvalue weighted by Gasteiger charge is -2.22. The van der Waals surface area contributed by atoms with Crippen molar-refractivity contribution < 1.29 is 9.53 Å². The highest BCUT2D eigenvalue weighted by molar-refractivity contribution is 5.94. The Labute approximate surface area is 173 Å². The Kier molecular flexibility index (Phi) is 10.8. The number of carbonyl (C=O) groups is 1. The number of benzene rings is 1. The Morgan fingerprint density at radius 3 is 2.89 bits per heavy atom. The van der Waals surface area contributed by atoms with Crippen LogP contribution in [0.3, 0.4) is 0 Å². The number of nitrogens with one attached hydrogen (secondary N) is 2. The monoisotopic (exact) mass is 411 g/mol. The maximum atomic E-state index is 12.3. The number of amides is 1. The van der Waals surface area contributed by atoms with Crippen LogP contribution in [0.4, 0.5) is 0 Å². The molecule has 1 aromatic carbocycles. The van der Waals surface area contributed by atoms with Gasteiger partial charge in [0.25, 0.3) is 5.91 Å². The number of nitrogens with zero attached hydrogens (tertiary/aromatic N) is 1. The number of halogens is 2. The van der Waals surface area contributed by atoms with Crippen LogP contribution >= 0.6 is 24.8 Å². The molecule has 1 fully saturated rings. The smallest absolute Gasteiger partial charge is 0.251 e. The number of hydrogen-bond donors (Lipinski definition) is 2. The van der Waals surface area contributed by atoms with Crippen molar-refractivity contribution in [1.29, 1.82) is 0 Å². The fraction of sp³-hybridized carbons (Fsp3) is 0.400. The van der Waals surface area contributed by atoms with Crippen LogP contribution in [0.15, 0.2) is 48.8 Å². The Morgan fingerprint density at radius 2 is 2.15 bits per heavy atom. The molecule has 0 bridgehead atoms. The van der Waals surface area contributed by atoms with Gasteiger partial charge in [-0.2, -0.15) is 0 Å². The van der Waals surface area contributed by atoms with Crippen LogP contribution in [0.5, 0.6) is 5.75 Å². The first-order chi connectivity index (χ1) is 12.3. The lowest BCUT2D eigenvalue weighted by Crippen LogP contribution is -2.33. The lowest BCUT2D eigenvalue weighted by molar-refractivity contribution is 0.0950. The van der Waals surface area contributed by atoms with Gasteiger partial charge in [-0.15, -0.1) is 24.8 Å². The van der Waals surface area contributed by atoms with Gasteiger partial charge in [-0.1, -0.05) is 12.1 Å². The molecule has 2 aromatic rings. The van der Waals surface area contributed by atoms with Gasteiger partial charge in [-0.05, 0) is 62.5 Å². The molecule has 1 amide bonds. The molecule has 0 saturated carbocycles. The second-order valence-corrected chi connectivity index (χ2v) is 6.43. The van der Waals surface area contributed by atoms with Crippen LogP contribution in [-0.4, -0.2) is 30.5 Å². The van der Waals surface area contributed by atoms with Gasteiger partial charge >= 0.3 is 0 Å². The second-order valence-electron chi connectivity index (χ2n) is 6.43. The van der Waals surface area contributed by atoms with Crippen LogP contribution in [0.1, 0.15) is 35.2 Å². The van der Waals surface area contributed by atoms with Crippen LogP contribution in [-0.2, 0) is 6.61 Å². The van der Waals surface area contributed by atoms with Crippen molar-refractivity contribution in [3.8, 4) is 5.75 Å². The third-order valence-corrected chi connectivity index (χ3v) is 4.46. The zero-order chi connectivity index (χ0) is 17.3. The summed E-state index contributed by atoms with van der Waals surface area (Å²) in [6, 6.07) is 11.1. The molecule has 3 rings (SSSR count). The fourth-order valence-electron chi connectivity index (χ4n) is 3.04. The van der Waals surface area contributed by atoms with E-state index in [-0.39, 0.29) is 30.7 Å². The average molecular weight is 412 g/mol. The quantitative estimate of drug-likeness (QED) is 0.729. The predicted octanol–water partition coefficient (Wildman–Crippen LogP) is 3.62. The van der Waals surface area contributed by atoms with Gasteiger partial charge in [0, 0.05) is 30.1 Å². The molecule has 1 aliphatic rings. The molecule has 1 atom stereocenters. The number of aromatic nitrogens is 1. The van der Waals surface area contributed by atoms with Crippen LogP contribution in [0, 0.1) is 5.92 Å². The van der Waals surface area contributed by atoms with Crippen molar-refractivity contribution in [2.24, 2.45) is 5.92 Å². The van der Waals surface area contributed by atoms with E-state index in [4.69, 9.17) is 4.74 Å². The van der Waals surface area contributed by atoms with E-state index in [0.29, 0.717) is 30.4 Å². The Morgan fingerprint density at radius 1 is 1.26 bits per heavy atom. The molecule has 148 valence electrons. The maximum absolute atomic E-state index is 12.3. The van der Waals surface area contributed by atoms with E-state index in [1.54, 1.807) is 18.5 Å². The first-order valence-electron chi connectivity index (χ1n) is 8.92. The normalized spacial score (nSPS) is 15.8. The molecular weight excluding hydrogens is 385 g/mol. The Hall–Kier alpha value is -1.82. The largest absolute Gasteiger partial charge is 0.489 e. The van der Waals surface area contributed by atoms with Crippen LogP contribution < -0.4 is 15.4 Å². The van der Waals surface area contributed by atoms with E-state index in [2.05, 4.69) is 15.6 Å². The van der Waals surface area contributed by atoms with Crippen molar-refractivity contribution in [1.82, 2.24) is 15.6 Å². The minimum absolute atomic E-state index is 0. The first kappa shape index (κ1) is 23.2. The molecule has 7 heteroatoms. The van der Waals surface area contributed by atoms with Crippen molar-refractivity contribution in [3.63, 3.8) is 0 Å². The third-order valence-electron chi connectivity index (χ3n) is 4.46. The number of piperidine rings is 1. The first-order valence-corrected chi connectivity index (χ1v) is 8.92. The average Bonchev–Trinajstić information content (AvgIpc) is 2.68. The molecule has 27 heavy (non-hydrogen) atoms. The molecule has 1 unspecified atom stereocenters. The van der Waals surface area contributed by atoms with Gasteiger partial charge in [0.2, 0.25) is 0 Å². The van der Waals surface area contributed by atoms with E-state index in [9.17, 15) is 4.79 Å². The van der Waals surface area contributed by atoms with Crippen LogP contribution in [0.25, 0.3) is 0 Å². The number of pyridine rings is 1. The SMILES string of the molecule is Cl.Cl.O=C(NCCC1CCCNC1)c1cccc(OCc2cccnc2)c1. The predicted molar refractivity (Wildman–Crippen MR) is 112 cm³/mol. The van der Waals surface area contributed by atoms with Gasteiger partial charge in [-0.3, -0.25) is 9.78 Å².